The minimum Gasteiger partial charge on any atom is -0.460 e. The van der Waals surface area contributed by atoms with E-state index in [9.17, 15) is 9.90 Å². The van der Waals surface area contributed by atoms with Gasteiger partial charge in [-0.15, -0.1) is 11.3 Å². The number of likely N-dealkylation sites (tertiary alicyclic amines) is 1. The molecule has 1 aliphatic carbocycles. The van der Waals surface area contributed by atoms with E-state index in [0.29, 0.717) is 32.5 Å². The van der Waals surface area contributed by atoms with Gasteiger partial charge in [-0.2, -0.15) is 0 Å². The molecule has 1 saturated heterocycles. The highest BCUT2D eigenvalue weighted by Gasteiger charge is 2.45. The third-order valence-corrected chi connectivity index (χ3v) is 9.28. The molecule has 0 unspecified atom stereocenters. The number of ether oxygens (including phenoxy) is 2. The van der Waals surface area contributed by atoms with Crippen molar-refractivity contribution < 1.29 is 19.4 Å². The zero-order valence-corrected chi connectivity index (χ0v) is 24.7. The number of aliphatic hydroxyl groups is 1. The van der Waals surface area contributed by atoms with Crippen LogP contribution in [0.25, 0.3) is 11.1 Å². The molecule has 1 aliphatic heterocycles. The number of thiophene rings is 1. The molecule has 3 aromatic rings. The van der Waals surface area contributed by atoms with E-state index in [4.69, 9.17) is 9.47 Å². The molecule has 5 nitrogen and oxygen atoms in total. The number of allylic oxidation sites excluding steroid dienone is 2. The van der Waals surface area contributed by atoms with E-state index in [1.807, 2.05) is 23.6 Å². The van der Waals surface area contributed by atoms with Crippen molar-refractivity contribution in [3.8, 4) is 11.1 Å². The van der Waals surface area contributed by atoms with Crippen LogP contribution in [0.4, 0.5) is 0 Å². The number of nitrogens with zero attached hydrogens (tertiary/aromatic N) is 1. The molecular weight excluding hydrogens is 530 g/mol. The van der Waals surface area contributed by atoms with Crippen LogP contribution in [-0.4, -0.2) is 47.3 Å². The summed E-state index contributed by atoms with van der Waals surface area (Å²) in [6.45, 7) is 3.05. The quantitative estimate of drug-likeness (QED) is 0.171. The lowest BCUT2D eigenvalue weighted by molar-refractivity contribution is -0.144. The van der Waals surface area contributed by atoms with Crippen molar-refractivity contribution in [2.45, 2.75) is 82.8 Å². The van der Waals surface area contributed by atoms with Crippen LogP contribution in [-0.2, 0) is 27.5 Å². The van der Waals surface area contributed by atoms with Crippen molar-refractivity contribution in [2.24, 2.45) is 5.92 Å². The maximum Gasteiger partial charge on any atom is 0.306 e. The summed E-state index contributed by atoms with van der Waals surface area (Å²) >= 11 is 1.60. The Morgan fingerprint density at radius 1 is 0.902 bits per heavy atom. The lowest BCUT2D eigenvalue weighted by atomic mass is 9.92. The minimum atomic E-state index is -0.356. The summed E-state index contributed by atoms with van der Waals surface area (Å²) in [6.07, 6.45) is 11.3. The molecule has 0 spiro atoms. The molecule has 0 radical (unpaired) electrons. The summed E-state index contributed by atoms with van der Waals surface area (Å²) in [5.41, 5.74) is 3.58. The molecule has 2 aliphatic rings. The smallest absolute Gasteiger partial charge is 0.306 e. The number of benzene rings is 2. The Morgan fingerprint density at radius 2 is 1.66 bits per heavy atom. The molecule has 4 atom stereocenters. The summed E-state index contributed by atoms with van der Waals surface area (Å²) in [4.78, 5) is 15.6. The normalized spacial score (nSPS) is 23.2. The summed E-state index contributed by atoms with van der Waals surface area (Å²) < 4.78 is 11.9. The van der Waals surface area contributed by atoms with Crippen molar-refractivity contribution in [2.75, 3.05) is 13.1 Å². The fourth-order valence-corrected chi connectivity index (χ4v) is 6.92. The first-order valence-electron chi connectivity index (χ1n) is 15.2. The number of rotatable bonds is 13. The predicted molar refractivity (Wildman–Crippen MR) is 166 cm³/mol. The highest BCUT2D eigenvalue weighted by molar-refractivity contribution is 7.09. The second kappa shape index (κ2) is 15.5. The molecule has 2 heterocycles. The number of carbonyl (C=O) groups is 1. The fourth-order valence-electron chi connectivity index (χ4n) is 6.31. The largest absolute Gasteiger partial charge is 0.460 e. The zero-order chi connectivity index (χ0) is 28.3. The van der Waals surface area contributed by atoms with E-state index < -0.39 is 0 Å². The number of carbonyl (C=O) groups excluding carboxylic acids is 1. The lowest BCUT2D eigenvalue weighted by Gasteiger charge is -2.38. The number of esters is 1. The van der Waals surface area contributed by atoms with E-state index in [2.05, 4.69) is 65.6 Å². The molecule has 6 heteroatoms. The molecule has 41 heavy (non-hydrogen) atoms. The van der Waals surface area contributed by atoms with Crippen LogP contribution in [0.15, 0.2) is 84.3 Å². The highest BCUT2D eigenvalue weighted by Crippen LogP contribution is 2.38. The molecule has 0 bridgehead atoms. The SMILES string of the molecule is O=C(CC/C=C\CC[C@@H]1[C@@H](N2CCCCC2)[C@@H](O)C[C@@H]1OCc1ccc(-c2ccccc2)cc1)OCc1cccs1. The molecule has 0 amide bonds. The van der Waals surface area contributed by atoms with Crippen LogP contribution in [0.2, 0.25) is 0 Å². The van der Waals surface area contributed by atoms with Crippen LogP contribution < -0.4 is 0 Å². The van der Waals surface area contributed by atoms with E-state index in [0.717, 1.165) is 36.4 Å². The van der Waals surface area contributed by atoms with Crippen molar-refractivity contribution >= 4 is 17.3 Å². The van der Waals surface area contributed by atoms with Gasteiger partial charge in [0, 0.05) is 29.7 Å². The van der Waals surface area contributed by atoms with Gasteiger partial charge in [0.25, 0.3) is 0 Å². The van der Waals surface area contributed by atoms with Crippen LogP contribution in [0.5, 0.6) is 0 Å². The Labute approximate surface area is 248 Å². The van der Waals surface area contributed by atoms with Crippen LogP contribution in [0, 0.1) is 5.92 Å². The van der Waals surface area contributed by atoms with Crippen molar-refractivity contribution in [3.05, 3.63) is 94.7 Å². The third-order valence-electron chi connectivity index (χ3n) is 8.43. The van der Waals surface area contributed by atoms with E-state index >= 15 is 0 Å². The van der Waals surface area contributed by atoms with Crippen molar-refractivity contribution in [1.29, 1.82) is 0 Å². The monoisotopic (exact) mass is 573 g/mol. The molecule has 2 fully saturated rings. The van der Waals surface area contributed by atoms with Gasteiger partial charge in [-0.1, -0.05) is 79.2 Å². The van der Waals surface area contributed by atoms with E-state index in [1.54, 1.807) is 11.3 Å². The first kappa shape index (κ1) is 29.7. The Bertz CT molecular complexity index is 1200. The Balaban J connectivity index is 1.13. The van der Waals surface area contributed by atoms with Crippen LogP contribution in [0.3, 0.4) is 0 Å². The Kier molecular flexibility index (Phi) is 11.2. The van der Waals surface area contributed by atoms with Gasteiger partial charge in [-0.3, -0.25) is 9.69 Å². The number of hydrogen-bond acceptors (Lipinski definition) is 6. The first-order valence-corrected chi connectivity index (χ1v) is 16.1. The number of piperidine rings is 1. The molecule has 5 rings (SSSR count). The topological polar surface area (TPSA) is 59.0 Å². The highest BCUT2D eigenvalue weighted by atomic mass is 32.1. The Hall–Kier alpha value is -2.77. The number of aliphatic hydroxyl groups excluding tert-OH is 1. The summed E-state index contributed by atoms with van der Waals surface area (Å²) in [6, 6.07) is 23.1. The van der Waals surface area contributed by atoms with Gasteiger partial charge >= 0.3 is 5.97 Å². The average Bonchev–Trinajstić information content (AvgIpc) is 3.65. The zero-order valence-electron chi connectivity index (χ0n) is 23.9. The van der Waals surface area contributed by atoms with Gasteiger partial charge < -0.3 is 14.6 Å². The van der Waals surface area contributed by atoms with Gasteiger partial charge in [0.1, 0.15) is 6.61 Å². The minimum absolute atomic E-state index is 0.0337. The average molecular weight is 574 g/mol. The van der Waals surface area contributed by atoms with Gasteiger partial charge in [0.2, 0.25) is 0 Å². The third kappa shape index (κ3) is 8.62. The molecule has 1 saturated carbocycles. The molecule has 1 N–H and O–H groups in total. The second-order valence-corrected chi connectivity index (χ2v) is 12.3. The van der Waals surface area contributed by atoms with E-state index in [-0.39, 0.29) is 30.1 Å². The summed E-state index contributed by atoms with van der Waals surface area (Å²) in [5.74, 6) is 0.129. The predicted octanol–water partition coefficient (Wildman–Crippen LogP) is 7.40. The molecule has 1 aromatic heterocycles. The maximum absolute atomic E-state index is 12.1. The van der Waals surface area contributed by atoms with Gasteiger partial charge in [0.15, 0.2) is 0 Å². The van der Waals surface area contributed by atoms with Crippen molar-refractivity contribution in [3.63, 3.8) is 0 Å². The van der Waals surface area contributed by atoms with Crippen molar-refractivity contribution in [1.82, 2.24) is 4.90 Å². The standard InChI is InChI=1S/C35H43NO4S/c37-32-24-33(39-25-27-17-19-29(20-18-27)28-12-5-3-6-13-28)31(35(32)36-21-9-4-10-22-36)15-7-1-2-8-16-34(38)40-26-30-14-11-23-41-30/h1-3,5-6,11-14,17-20,23,31-33,35,37H,4,7-10,15-16,21-22,24-26H2/b2-1-/t31-,32-,33-,35+/m0/s1. The fraction of sp³-hybridized carbons (Fsp3) is 0.457. The van der Waals surface area contributed by atoms with Gasteiger partial charge in [-0.25, -0.2) is 0 Å². The summed E-state index contributed by atoms with van der Waals surface area (Å²) in [7, 11) is 0. The first-order chi connectivity index (χ1) is 20.2. The van der Waals surface area contributed by atoms with Crippen LogP contribution in [0.1, 0.15) is 61.8 Å². The van der Waals surface area contributed by atoms with Gasteiger partial charge in [0.05, 0.1) is 18.8 Å². The second-order valence-electron chi connectivity index (χ2n) is 11.3. The summed E-state index contributed by atoms with van der Waals surface area (Å²) in [5, 5.41) is 13.2. The Morgan fingerprint density at radius 3 is 2.41 bits per heavy atom. The maximum atomic E-state index is 12.1. The van der Waals surface area contributed by atoms with Crippen LogP contribution >= 0.6 is 11.3 Å². The van der Waals surface area contributed by atoms with Gasteiger partial charge in [-0.05, 0) is 73.3 Å². The van der Waals surface area contributed by atoms with E-state index in [1.165, 1.54) is 30.4 Å². The molecule has 2 aromatic carbocycles. The number of hydrogen-bond donors (Lipinski definition) is 1. The molecule has 218 valence electrons. The lowest BCUT2D eigenvalue weighted by Crippen LogP contribution is -2.47. The molecular formula is C35H43NO4S.